The molecule has 0 aromatic heterocycles. The number of likely N-dealkylation sites (tertiary alicyclic amines) is 1. The Balaban J connectivity index is 2.69. The Kier molecular flexibility index (Phi) is 6.01. The van der Waals surface area contributed by atoms with Gasteiger partial charge in [-0.05, 0) is 24.6 Å². The lowest BCUT2D eigenvalue weighted by Crippen LogP contribution is -2.45. The van der Waals surface area contributed by atoms with Gasteiger partial charge >= 0.3 is 6.09 Å². The molecule has 21 heavy (non-hydrogen) atoms. The van der Waals surface area contributed by atoms with Crippen LogP contribution in [0.2, 0.25) is 18.1 Å². The van der Waals surface area contributed by atoms with Crippen LogP contribution in [0.25, 0.3) is 0 Å². The van der Waals surface area contributed by atoms with Crippen molar-refractivity contribution in [3.05, 3.63) is 12.7 Å². The van der Waals surface area contributed by atoms with Crippen LogP contribution < -0.4 is 0 Å². The molecule has 1 N–H and O–H groups in total. The van der Waals surface area contributed by atoms with Crippen molar-refractivity contribution in [2.24, 2.45) is 0 Å². The summed E-state index contributed by atoms with van der Waals surface area (Å²) in [4.78, 5) is 13.6. The van der Waals surface area contributed by atoms with Crippen LogP contribution in [0, 0.1) is 0 Å². The van der Waals surface area contributed by atoms with E-state index in [1.807, 2.05) is 0 Å². The third kappa shape index (κ3) is 4.56. The highest BCUT2D eigenvalue weighted by Gasteiger charge is 2.43. The quantitative estimate of drug-likeness (QED) is 0.626. The lowest BCUT2D eigenvalue weighted by molar-refractivity contribution is 0.0904. The van der Waals surface area contributed by atoms with Crippen LogP contribution in [-0.2, 0) is 9.16 Å². The monoisotopic (exact) mass is 315 g/mol. The van der Waals surface area contributed by atoms with Gasteiger partial charge in [-0.15, -0.1) is 0 Å². The molecule has 5 nitrogen and oxygen atoms in total. The van der Waals surface area contributed by atoms with Crippen LogP contribution >= 0.6 is 0 Å². The number of aliphatic hydroxyl groups excluding tert-OH is 1. The molecule has 1 aliphatic rings. The summed E-state index contributed by atoms with van der Waals surface area (Å²) in [5.74, 6) is 0. The van der Waals surface area contributed by atoms with Gasteiger partial charge in [-0.1, -0.05) is 33.4 Å². The number of ether oxygens (including phenoxy) is 1. The van der Waals surface area contributed by atoms with Crippen LogP contribution in [0.1, 0.15) is 27.2 Å². The zero-order chi connectivity index (χ0) is 16.3. The minimum Gasteiger partial charge on any atom is -0.445 e. The predicted molar refractivity (Wildman–Crippen MR) is 85.8 cm³/mol. The summed E-state index contributed by atoms with van der Waals surface area (Å²) in [7, 11) is -1.88. The maximum Gasteiger partial charge on any atom is 0.410 e. The maximum atomic E-state index is 12.0. The molecular weight excluding hydrogens is 286 g/mol. The molecule has 1 saturated heterocycles. The first kappa shape index (κ1) is 18.2. The average Bonchev–Trinajstić information content (AvgIpc) is 2.76. The number of aliphatic hydroxyl groups is 1. The van der Waals surface area contributed by atoms with Gasteiger partial charge in [0, 0.05) is 6.54 Å². The Hall–Kier alpha value is -0.853. The molecule has 122 valence electrons. The fourth-order valence-electron chi connectivity index (χ4n) is 2.16. The van der Waals surface area contributed by atoms with Gasteiger partial charge in [0.25, 0.3) is 0 Å². The zero-order valence-corrected chi connectivity index (χ0v) is 14.9. The van der Waals surface area contributed by atoms with Crippen molar-refractivity contribution in [2.45, 2.75) is 57.5 Å². The SMILES string of the molecule is C=CCOC(=O)N1C[C@H](O[Si](C)(C)C(C)(C)C)C[C@H]1CO. The van der Waals surface area contributed by atoms with Crippen LogP contribution in [0.4, 0.5) is 4.79 Å². The van der Waals surface area contributed by atoms with E-state index < -0.39 is 14.4 Å². The number of rotatable bonds is 5. The van der Waals surface area contributed by atoms with Crippen molar-refractivity contribution < 1.29 is 19.1 Å². The van der Waals surface area contributed by atoms with E-state index in [2.05, 4.69) is 40.4 Å². The molecule has 0 spiro atoms. The summed E-state index contributed by atoms with van der Waals surface area (Å²) in [5, 5.41) is 9.60. The zero-order valence-electron chi connectivity index (χ0n) is 13.9. The molecule has 0 unspecified atom stereocenters. The Labute approximate surface area is 129 Å². The highest BCUT2D eigenvalue weighted by Crippen LogP contribution is 2.38. The van der Waals surface area contributed by atoms with E-state index in [9.17, 15) is 9.90 Å². The summed E-state index contributed by atoms with van der Waals surface area (Å²) in [6.45, 7) is 15.1. The van der Waals surface area contributed by atoms with E-state index in [-0.39, 0.29) is 30.4 Å². The van der Waals surface area contributed by atoms with E-state index in [0.29, 0.717) is 13.0 Å². The third-order valence-electron chi connectivity index (χ3n) is 4.41. The first-order chi connectivity index (χ1) is 9.62. The molecular formula is C15H29NO4Si. The summed E-state index contributed by atoms with van der Waals surface area (Å²) in [5.41, 5.74) is 0. The Morgan fingerprint density at radius 2 is 2.10 bits per heavy atom. The largest absolute Gasteiger partial charge is 0.445 e. The van der Waals surface area contributed by atoms with Crippen LogP contribution in [0.3, 0.4) is 0 Å². The summed E-state index contributed by atoms with van der Waals surface area (Å²) >= 11 is 0. The molecule has 1 rings (SSSR count). The van der Waals surface area contributed by atoms with Gasteiger partial charge in [0.15, 0.2) is 8.32 Å². The van der Waals surface area contributed by atoms with Gasteiger partial charge in [-0.2, -0.15) is 0 Å². The van der Waals surface area contributed by atoms with E-state index >= 15 is 0 Å². The number of carbonyl (C=O) groups is 1. The standard InChI is InChI=1S/C15H29NO4Si/c1-7-8-19-14(18)16-10-13(9-12(16)11-17)20-21(5,6)15(2,3)4/h7,12-13,17H,1,8-11H2,2-6H3/t12-,13+/m0/s1. The summed E-state index contributed by atoms with van der Waals surface area (Å²) in [6, 6.07) is -0.225. The molecule has 1 heterocycles. The number of amides is 1. The second-order valence-electron chi connectivity index (χ2n) is 7.09. The van der Waals surface area contributed by atoms with Gasteiger partial charge in [-0.3, -0.25) is 0 Å². The van der Waals surface area contributed by atoms with Crippen molar-refractivity contribution in [2.75, 3.05) is 19.8 Å². The molecule has 1 fully saturated rings. The highest BCUT2D eigenvalue weighted by molar-refractivity contribution is 6.74. The molecule has 0 aromatic rings. The molecule has 0 aromatic carbocycles. The fourth-order valence-corrected chi connectivity index (χ4v) is 3.52. The van der Waals surface area contributed by atoms with Gasteiger partial charge in [0.1, 0.15) is 6.61 Å². The Morgan fingerprint density at radius 1 is 1.48 bits per heavy atom. The van der Waals surface area contributed by atoms with Crippen LogP contribution in [0.15, 0.2) is 12.7 Å². The van der Waals surface area contributed by atoms with E-state index in [0.717, 1.165) is 0 Å². The van der Waals surface area contributed by atoms with Crippen molar-refractivity contribution in [1.82, 2.24) is 4.90 Å². The Bertz CT molecular complexity index is 378. The number of nitrogens with zero attached hydrogens (tertiary/aromatic N) is 1. The second-order valence-corrected chi connectivity index (χ2v) is 11.8. The number of hydrogen-bond acceptors (Lipinski definition) is 4. The van der Waals surface area contributed by atoms with Crippen molar-refractivity contribution in [1.29, 1.82) is 0 Å². The van der Waals surface area contributed by atoms with E-state index in [1.54, 1.807) is 4.90 Å². The van der Waals surface area contributed by atoms with Gasteiger partial charge < -0.3 is 19.2 Å². The first-order valence-corrected chi connectivity index (χ1v) is 10.4. The summed E-state index contributed by atoms with van der Waals surface area (Å²) < 4.78 is 11.4. The minimum absolute atomic E-state index is 0.0284. The topological polar surface area (TPSA) is 59.0 Å². The van der Waals surface area contributed by atoms with Gasteiger partial charge in [-0.25, -0.2) is 4.79 Å². The smallest absolute Gasteiger partial charge is 0.410 e. The molecule has 6 heteroatoms. The van der Waals surface area contributed by atoms with Crippen molar-refractivity contribution >= 4 is 14.4 Å². The minimum atomic E-state index is -1.88. The summed E-state index contributed by atoms with van der Waals surface area (Å²) in [6.07, 6.45) is 1.76. The molecule has 1 amide bonds. The highest BCUT2D eigenvalue weighted by atomic mass is 28.4. The maximum absolute atomic E-state index is 12.0. The molecule has 0 bridgehead atoms. The van der Waals surface area contributed by atoms with Crippen LogP contribution in [0.5, 0.6) is 0 Å². The van der Waals surface area contributed by atoms with Crippen LogP contribution in [-0.4, -0.2) is 56.3 Å². The molecule has 2 atom stereocenters. The van der Waals surface area contributed by atoms with Gasteiger partial charge in [0.05, 0.1) is 18.8 Å². The van der Waals surface area contributed by atoms with Crippen molar-refractivity contribution in [3.8, 4) is 0 Å². The predicted octanol–water partition coefficient (Wildman–Crippen LogP) is 2.77. The van der Waals surface area contributed by atoms with E-state index in [1.165, 1.54) is 6.08 Å². The normalized spacial score (nSPS) is 23.2. The third-order valence-corrected chi connectivity index (χ3v) is 8.95. The fraction of sp³-hybridized carbons (Fsp3) is 0.800. The van der Waals surface area contributed by atoms with Crippen molar-refractivity contribution in [3.63, 3.8) is 0 Å². The van der Waals surface area contributed by atoms with E-state index in [4.69, 9.17) is 9.16 Å². The Morgan fingerprint density at radius 3 is 2.57 bits per heavy atom. The lowest BCUT2D eigenvalue weighted by atomic mass is 10.2. The average molecular weight is 315 g/mol. The molecule has 0 aliphatic carbocycles. The first-order valence-electron chi connectivity index (χ1n) is 7.45. The molecule has 0 saturated carbocycles. The number of carbonyl (C=O) groups excluding carboxylic acids is 1. The second kappa shape index (κ2) is 6.94. The lowest BCUT2D eigenvalue weighted by Gasteiger charge is -2.38. The van der Waals surface area contributed by atoms with Gasteiger partial charge in [0.2, 0.25) is 0 Å². The molecule has 0 radical (unpaired) electrons. The number of hydrogen-bond donors (Lipinski definition) is 1. The molecule has 1 aliphatic heterocycles.